The molecular weight excluding hydrogens is 564 g/mol. The third-order valence-corrected chi connectivity index (χ3v) is 7.64. The molecule has 212 valence electrons. The Labute approximate surface area is 240 Å². The number of anilines is 1. The van der Waals surface area contributed by atoms with Crippen molar-refractivity contribution >= 4 is 40.7 Å². The average molecular weight is 593 g/mol. The van der Waals surface area contributed by atoms with Gasteiger partial charge in [0.25, 0.3) is 11.8 Å². The second-order valence-corrected chi connectivity index (χ2v) is 10.2. The largest absolute Gasteiger partial charge is 0.416 e. The van der Waals surface area contributed by atoms with Gasteiger partial charge in [0.15, 0.2) is 0 Å². The van der Waals surface area contributed by atoms with Gasteiger partial charge in [0, 0.05) is 44.3 Å². The highest BCUT2D eigenvalue weighted by Crippen LogP contribution is 2.38. The maximum absolute atomic E-state index is 13.3. The van der Waals surface area contributed by atoms with Crippen LogP contribution in [0.5, 0.6) is 0 Å². The van der Waals surface area contributed by atoms with Crippen molar-refractivity contribution < 1.29 is 22.8 Å². The molecule has 0 aromatic heterocycles. The first-order valence-corrected chi connectivity index (χ1v) is 13.6. The van der Waals surface area contributed by atoms with Crippen LogP contribution in [0.3, 0.4) is 0 Å². The van der Waals surface area contributed by atoms with Crippen LogP contribution in [0.4, 0.5) is 18.9 Å². The summed E-state index contributed by atoms with van der Waals surface area (Å²) in [5.74, 6) is -0.802. The summed E-state index contributed by atoms with van der Waals surface area (Å²) < 4.78 is 39.2. The number of hydrogen-bond acceptors (Lipinski definition) is 4. The molecule has 3 N–H and O–H groups in total. The predicted octanol–water partition coefficient (Wildman–Crippen LogP) is 6.11. The zero-order valence-corrected chi connectivity index (χ0v) is 23.3. The fourth-order valence-corrected chi connectivity index (χ4v) is 5.49. The van der Waals surface area contributed by atoms with E-state index in [1.165, 1.54) is 0 Å². The molecular formula is C29H29Cl2F3N4O2. The maximum Gasteiger partial charge on any atom is 0.416 e. The van der Waals surface area contributed by atoms with E-state index in [4.69, 9.17) is 28.9 Å². The standard InChI is InChI=1S/C29H29Cl2F3N4O2/c1-2-20-17-37(28(40)22-9-8-19(16-23(22)30)29(32,33)34)14-15-38(20)24-11-10-21(18-6-4-3-5-7-18)26(31)25(24)27(39)36-13-12-35/h3-11,16,20H,2,12-15,17,35H2,1H3,(H,36,39)/t20-/m1/s1. The molecule has 1 fully saturated rings. The summed E-state index contributed by atoms with van der Waals surface area (Å²) in [6.07, 6.45) is -3.93. The van der Waals surface area contributed by atoms with Gasteiger partial charge in [0.05, 0.1) is 32.4 Å². The molecule has 0 saturated carbocycles. The molecule has 4 rings (SSSR count). The van der Waals surface area contributed by atoms with Crippen LogP contribution in [0.1, 0.15) is 39.6 Å². The predicted molar refractivity (Wildman–Crippen MR) is 152 cm³/mol. The molecule has 1 saturated heterocycles. The molecule has 3 aromatic rings. The quantitative estimate of drug-likeness (QED) is 0.347. The summed E-state index contributed by atoms with van der Waals surface area (Å²) in [6.45, 7) is 3.44. The molecule has 2 amide bonds. The van der Waals surface area contributed by atoms with Crippen LogP contribution in [0, 0.1) is 0 Å². The van der Waals surface area contributed by atoms with Crippen LogP contribution in [0.25, 0.3) is 11.1 Å². The highest BCUT2D eigenvalue weighted by Gasteiger charge is 2.35. The number of benzene rings is 3. The Hall–Kier alpha value is -3.27. The minimum Gasteiger partial charge on any atom is -0.364 e. The highest BCUT2D eigenvalue weighted by molar-refractivity contribution is 6.37. The summed E-state index contributed by atoms with van der Waals surface area (Å²) in [5, 5.41) is 2.87. The lowest BCUT2D eigenvalue weighted by Crippen LogP contribution is -2.55. The molecule has 0 radical (unpaired) electrons. The van der Waals surface area contributed by atoms with Crippen molar-refractivity contribution in [2.24, 2.45) is 5.73 Å². The topological polar surface area (TPSA) is 78.7 Å². The minimum atomic E-state index is -4.56. The van der Waals surface area contributed by atoms with Crippen LogP contribution < -0.4 is 16.0 Å². The van der Waals surface area contributed by atoms with Crippen molar-refractivity contribution in [3.63, 3.8) is 0 Å². The van der Waals surface area contributed by atoms with Crippen LogP contribution in [-0.4, -0.2) is 55.5 Å². The van der Waals surface area contributed by atoms with E-state index >= 15 is 0 Å². The average Bonchev–Trinajstić information content (AvgIpc) is 2.95. The van der Waals surface area contributed by atoms with Crippen LogP contribution in [0.2, 0.25) is 10.0 Å². The first-order valence-electron chi connectivity index (χ1n) is 12.9. The normalized spacial score (nSPS) is 15.7. The first kappa shape index (κ1) is 29.7. The van der Waals surface area contributed by atoms with Gasteiger partial charge in [-0.25, -0.2) is 0 Å². The zero-order valence-electron chi connectivity index (χ0n) is 21.8. The van der Waals surface area contributed by atoms with E-state index in [-0.39, 0.29) is 48.7 Å². The van der Waals surface area contributed by atoms with E-state index in [2.05, 4.69) is 10.2 Å². The number of nitrogens with one attached hydrogen (secondary N) is 1. The number of amides is 2. The molecule has 40 heavy (non-hydrogen) atoms. The number of carbonyl (C=O) groups is 2. The summed E-state index contributed by atoms with van der Waals surface area (Å²) in [4.78, 5) is 30.2. The number of carbonyl (C=O) groups excluding carboxylic acids is 2. The third-order valence-electron chi connectivity index (χ3n) is 6.94. The van der Waals surface area contributed by atoms with Crippen LogP contribution in [0.15, 0.2) is 60.7 Å². The van der Waals surface area contributed by atoms with Crippen molar-refractivity contribution in [3.8, 4) is 11.1 Å². The lowest BCUT2D eigenvalue weighted by atomic mass is 9.98. The fraction of sp³-hybridized carbons (Fsp3) is 0.310. The SMILES string of the molecule is CC[C@@H]1CN(C(=O)c2ccc(C(F)(F)F)cc2Cl)CCN1c1ccc(-c2ccccc2)c(Cl)c1C(=O)NCCN. The molecule has 0 spiro atoms. The summed E-state index contributed by atoms with van der Waals surface area (Å²) in [6, 6.07) is 15.8. The molecule has 1 aliphatic rings. The summed E-state index contributed by atoms with van der Waals surface area (Å²) in [7, 11) is 0. The minimum absolute atomic E-state index is 0.00933. The van der Waals surface area contributed by atoms with Crippen molar-refractivity contribution in [1.29, 1.82) is 0 Å². The lowest BCUT2D eigenvalue weighted by Gasteiger charge is -2.43. The Balaban J connectivity index is 1.64. The van der Waals surface area contributed by atoms with Gasteiger partial charge in [-0.2, -0.15) is 13.2 Å². The molecule has 0 bridgehead atoms. The van der Waals surface area contributed by atoms with Gasteiger partial charge in [-0.15, -0.1) is 0 Å². The molecule has 1 aliphatic heterocycles. The van der Waals surface area contributed by atoms with E-state index in [9.17, 15) is 22.8 Å². The number of nitrogens with zero attached hydrogens (tertiary/aromatic N) is 2. The van der Waals surface area contributed by atoms with E-state index in [0.29, 0.717) is 34.8 Å². The van der Waals surface area contributed by atoms with Crippen molar-refractivity contribution in [2.45, 2.75) is 25.6 Å². The van der Waals surface area contributed by atoms with Crippen molar-refractivity contribution in [2.75, 3.05) is 37.6 Å². The monoisotopic (exact) mass is 592 g/mol. The van der Waals surface area contributed by atoms with E-state index in [1.807, 2.05) is 49.4 Å². The molecule has 3 aromatic carbocycles. The second-order valence-electron chi connectivity index (χ2n) is 9.43. The second kappa shape index (κ2) is 12.5. The Morgan fingerprint density at radius 3 is 2.40 bits per heavy atom. The molecule has 0 aliphatic carbocycles. The zero-order chi connectivity index (χ0) is 29.0. The summed E-state index contributed by atoms with van der Waals surface area (Å²) in [5.41, 5.74) is 7.23. The van der Waals surface area contributed by atoms with Gasteiger partial charge in [0.2, 0.25) is 0 Å². The van der Waals surface area contributed by atoms with Gasteiger partial charge >= 0.3 is 6.18 Å². The Morgan fingerprint density at radius 1 is 1.05 bits per heavy atom. The Morgan fingerprint density at radius 2 is 1.77 bits per heavy atom. The van der Waals surface area contributed by atoms with Crippen LogP contribution >= 0.6 is 23.2 Å². The van der Waals surface area contributed by atoms with Crippen molar-refractivity contribution in [1.82, 2.24) is 10.2 Å². The fourth-order valence-electron chi connectivity index (χ4n) is 4.88. The number of nitrogens with two attached hydrogens (primary N) is 1. The smallest absolute Gasteiger partial charge is 0.364 e. The highest BCUT2D eigenvalue weighted by atomic mass is 35.5. The number of alkyl halides is 3. The van der Waals surface area contributed by atoms with Gasteiger partial charge in [-0.1, -0.05) is 66.5 Å². The van der Waals surface area contributed by atoms with Gasteiger partial charge < -0.3 is 20.9 Å². The molecule has 1 heterocycles. The van der Waals surface area contributed by atoms with E-state index in [1.54, 1.807) is 4.90 Å². The van der Waals surface area contributed by atoms with E-state index < -0.39 is 17.6 Å². The van der Waals surface area contributed by atoms with Crippen molar-refractivity contribution in [3.05, 3.63) is 87.4 Å². The molecule has 0 unspecified atom stereocenters. The van der Waals surface area contributed by atoms with Gasteiger partial charge in [0.1, 0.15) is 0 Å². The van der Waals surface area contributed by atoms with Gasteiger partial charge in [-0.05, 0) is 36.2 Å². The van der Waals surface area contributed by atoms with Crippen LogP contribution in [-0.2, 0) is 6.18 Å². The third kappa shape index (κ3) is 6.22. The maximum atomic E-state index is 13.3. The van der Waals surface area contributed by atoms with Gasteiger partial charge in [-0.3, -0.25) is 9.59 Å². The first-order chi connectivity index (χ1) is 19.1. The Kier molecular flexibility index (Phi) is 9.28. The molecule has 11 heteroatoms. The number of hydrogen-bond donors (Lipinski definition) is 2. The lowest BCUT2D eigenvalue weighted by molar-refractivity contribution is -0.137. The number of rotatable bonds is 7. The molecule has 1 atom stereocenters. The number of halogens is 5. The molecule has 6 nitrogen and oxygen atoms in total. The van der Waals surface area contributed by atoms with E-state index in [0.717, 1.165) is 23.8 Å². The number of piperazine rings is 1. The summed E-state index contributed by atoms with van der Waals surface area (Å²) >= 11 is 13.0. The Bertz CT molecular complexity index is 1390.